The monoisotopic (exact) mass is 389 g/mol. The number of carbonyl (C=O) groups is 1. The van der Waals surface area contributed by atoms with Crippen molar-refractivity contribution in [1.29, 1.82) is 0 Å². The lowest BCUT2D eigenvalue weighted by Gasteiger charge is -2.21. The van der Waals surface area contributed by atoms with E-state index in [0.717, 1.165) is 16.9 Å². The summed E-state index contributed by atoms with van der Waals surface area (Å²) in [4.78, 5) is 12.7. The van der Waals surface area contributed by atoms with E-state index < -0.39 is 0 Å². The first-order valence-electron chi connectivity index (χ1n) is 9.66. The Kier molecular flexibility index (Phi) is 5.66. The average Bonchev–Trinajstić information content (AvgIpc) is 2.78. The van der Waals surface area contributed by atoms with Gasteiger partial charge in [-0.2, -0.15) is 0 Å². The summed E-state index contributed by atoms with van der Waals surface area (Å²) < 4.78 is 17.0. The molecule has 3 aromatic rings. The first kappa shape index (κ1) is 18.9. The van der Waals surface area contributed by atoms with Gasteiger partial charge in [0.2, 0.25) is 0 Å². The van der Waals surface area contributed by atoms with Gasteiger partial charge in [0.1, 0.15) is 25.6 Å². The zero-order valence-electron chi connectivity index (χ0n) is 16.3. The van der Waals surface area contributed by atoms with Crippen LogP contribution in [0.1, 0.15) is 34.5 Å². The molecule has 0 unspecified atom stereocenters. The number of fused-ring (bicyclic) bond motifs is 1. The van der Waals surface area contributed by atoms with Gasteiger partial charge in [-0.05, 0) is 48.4 Å². The first-order chi connectivity index (χ1) is 14.2. The number of carbonyl (C=O) groups excluding carboxylic acids is 1. The molecule has 5 heteroatoms. The number of amides is 1. The minimum atomic E-state index is -0.174. The third kappa shape index (κ3) is 4.69. The van der Waals surface area contributed by atoms with E-state index in [1.807, 2.05) is 67.6 Å². The second-order valence-corrected chi connectivity index (χ2v) is 6.90. The number of nitrogens with one attached hydrogen (secondary N) is 1. The summed E-state index contributed by atoms with van der Waals surface area (Å²) in [7, 11) is 0. The van der Waals surface area contributed by atoms with Crippen LogP contribution >= 0.6 is 0 Å². The summed E-state index contributed by atoms with van der Waals surface area (Å²) in [6, 6.07) is 22.7. The minimum Gasteiger partial charge on any atom is -0.489 e. The van der Waals surface area contributed by atoms with E-state index >= 15 is 0 Å². The molecule has 4 rings (SSSR count). The lowest BCUT2D eigenvalue weighted by molar-refractivity contribution is 0.0939. The zero-order valence-corrected chi connectivity index (χ0v) is 16.3. The molecular formula is C24H23NO4. The van der Waals surface area contributed by atoms with Crippen LogP contribution in [-0.4, -0.2) is 19.1 Å². The smallest absolute Gasteiger partial charge is 0.251 e. The molecule has 0 fully saturated rings. The lowest BCUT2D eigenvalue weighted by Crippen LogP contribution is -2.26. The molecule has 1 N–H and O–H groups in total. The van der Waals surface area contributed by atoms with Crippen molar-refractivity contribution in [2.45, 2.75) is 19.6 Å². The molecule has 0 aromatic heterocycles. The number of hydrogen-bond donors (Lipinski definition) is 1. The maximum Gasteiger partial charge on any atom is 0.251 e. The van der Waals surface area contributed by atoms with Gasteiger partial charge in [0.25, 0.3) is 5.91 Å². The molecule has 1 amide bonds. The van der Waals surface area contributed by atoms with E-state index in [0.29, 0.717) is 36.9 Å². The largest absolute Gasteiger partial charge is 0.489 e. The van der Waals surface area contributed by atoms with Crippen molar-refractivity contribution >= 4 is 5.91 Å². The molecule has 0 bridgehead atoms. The van der Waals surface area contributed by atoms with Gasteiger partial charge in [-0.25, -0.2) is 0 Å². The summed E-state index contributed by atoms with van der Waals surface area (Å²) in [5.74, 6) is 1.96. The average molecular weight is 389 g/mol. The number of rotatable bonds is 6. The first-order valence-corrected chi connectivity index (χ1v) is 9.66. The molecule has 29 heavy (non-hydrogen) atoms. The van der Waals surface area contributed by atoms with Crippen molar-refractivity contribution in [2.75, 3.05) is 13.2 Å². The standard InChI is InChI=1S/C24H23NO4/c1-17(19-10-11-22-23(15-19)28-13-12-27-22)25-24(26)20-8-5-9-21(14-20)29-16-18-6-3-2-4-7-18/h2-11,14-15,17H,12-13,16H2,1H3,(H,25,26)/t17-/m1/s1. The Morgan fingerprint density at radius 2 is 1.76 bits per heavy atom. The van der Waals surface area contributed by atoms with E-state index in [2.05, 4.69) is 5.32 Å². The Morgan fingerprint density at radius 1 is 0.966 bits per heavy atom. The Labute approximate surface area is 170 Å². The van der Waals surface area contributed by atoms with E-state index in [1.54, 1.807) is 12.1 Å². The second-order valence-electron chi connectivity index (χ2n) is 6.90. The summed E-state index contributed by atoms with van der Waals surface area (Å²) in [6.45, 7) is 3.49. The number of hydrogen-bond acceptors (Lipinski definition) is 4. The highest BCUT2D eigenvalue weighted by molar-refractivity contribution is 5.94. The van der Waals surface area contributed by atoms with Gasteiger partial charge >= 0.3 is 0 Å². The zero-order chi connectivity index (χ0) is 20.1. The third-order valence-corrected chi connectivity index (χ3v) is 4.76. The Balaban J connectivity index is 1.40. The van der Waals surface area contributed by atoms with Crippen molar-refractivity contribution in [3.63, 3.8) is 0 Å². The van der Waals surface area contributed by atoms with E-state index in [1.165, 1.54) is 0 Å². The molecule has 0 saturated heterocycles. The highest BCUT2D eigenvalue weighted by atomic mass is 16.6. The molecule has 5 nitrogen and oxygen atoms in total. The number of ether oxygens (including phenoxy) is 3. The predicted molar refractivity (Wildman–Crippen MR) is 111 cm³/mol. The van der Waals surface area contributed by atoms with Gasteiger partial charge in [0.05, 0.1) is 6.04 Å². The third-order valence-electron chi connectivity index (χ3n) is 4.76. The molecule has 0 aliphatic carbocycles. The SMILES string of the molecule is C[C@@H](NC(=O)c1cccc(OCc2ccccc2)c1)c1ccc2c(c1)OCCO2. The summed E-state index contributed by atoms with van der Waals surface area (Å²) in [5.41, 5.74) is 2.59. The number of benzene rings is 3. The highest BCUT2D eigenvalue weighted by Crippen LogP contribution is 2.32. The summed E-state index contributed by atoms with van der Waals surface area (Å²) in [6.07, 6.45) is 0. The van der Waals surface area contributed by atoms with Crippen LogP contribution in [0, 0.1) is 0 Å². The fourth-order valence-corrected chi connectivity index (χ4v) is 3.16. The molecule has 1 atom stereocenters. The summed E-state index contributed by atoms with van der Waals surface area (Å²) in [5, 5.41) is 3.03. The Morgan fingerprint density at radius 3 is 2.59 bits per heavy atom. The molecular weight excluding hydrogens is 366 g/mol. The topological polar surface area (TPSA) is 56.8 Å². The maximum atomic E-state index is 12.7. The van der Waals surface area contributed by atoms with E-state index in [9.17, 15) is 4.79 Å². The predicted octanol–water partition coefficient (Wildman–Crippen LogP) is 4.53. The van der Waals surface area contributed by atoms with Gasteiger partial charge in [-0.15, -0.1) is 0 Å². The molecule has 148 valence electrons. The van der Waals surface area contributed by atoms with Crippen molar-refractivity contribution in [1.82, 2.24) is 5.32 Å². The Hall–Kier alpha value is -3.47. The van der Waals surface area contributed by atoms with Crippen LogP contribution in [0.15, 0.2) is 72.8 Å². The maximum absolute atomic E-state index is 12.7. The van der Waals surface area contributed by atoms with Crippen molar-refractivity contribution in [2.24, 2.45) is 0 Å². The molecule has 0 radical (unpaired) electrons. The molecule has 1 heterocycles. The van der Waals surface area contributed by atoms with Crippen LogP contribution in [-0.2, 0) is 6.61 Å². The van der Waals surface area contributed by atoms with Crippen molar-refractivity contribution in [3.05, 3.63) is 89.5 Å². The summed E-state index contributed by atoms with van der Waals surface area (Å²) >= 11 is 0. The minimum absolute atomic E-state index is 0.155. The normalized spacial score (nSPS) is 13.4. The van der Waals surface area contributed by atoms with Crippen LogP contribution in [0.4, 0.5) is 0 Å². The fraction of sp³-hybridized carbons (Fsp3) is 0.208. The van der Waals surface area contributed by atoms with Gasteiger partial charge in [-0.1, -0.05) is 42.5 Å². The molecule has 1 aliphatic rings. The van der Waals surface area contributed by atoms with Crippen molar-refractivity contribution in [3.8, 4) is 17.2 Å². The van der Waals surface area contributed by atoms with Gasteiger partial charge in [-0.3, -0.25) is 4.79 Å². The van der Waals surface area contributed by atoms with Crippen LogP contribution in [0.5, 0.6) is 17.2 Å². The quantitative estimate of drug-likeness (QED) is 0.673. The molecule has 0 spiro atoms. The van der Waals surface area contributed by atoms with Crippen LogP contribution in [0.25, 0.3) is 0 Å². The fourth-order valence-electron chi connectivity index (χ4n) is 3.16. The van der Waals surface area contributed by atoms with Crippen LogP contribution in [0.3, 0.4) is 0 Å². The van der Waals surface area contributed by atoms with Crippen LogP contribution < -0.4 is 19.5 Å². The van der Waals surface area contributed by atoms with Gasteiger partial charge in [0.15, 0.2) is 11.5 Å². The molecule has 3 aromatic carbocycles. The molecule has 1 aliphatic heterocycles. The Bertz CT molecular complexity index is 987. The van der Waals surface area contributed by atoms with E-state index in [-0.39, 0.29) is 11.9 Å². The van der Waals surface area contributed by atoms with Gasteiger partial charge < -0.3 is 19.5 Å². The lowest BCUT2D eigenvalue weighted by atomic mass is 10.1. The van der Waals surface area contributed by atoms with Crippen LogP contribution in [0.2, 0.25) is 0 Å². The van der Waals surface area contributed by atoms with E-state index in [4.69, 9.17) is 14.2 Å². The highest BCUT2D eigenvalue weighted by Gasteiger charge is 2.16. The van der Waals surface area contributed by atoms with Crippen molar-refractivity contribution < 1.29 is 19.0 Å². The van der Waals surface area contributed by atoms with Gasteiger partial charge in [0, 0.05) is 5.56 Å². The second kappa shape index (κ2) is 8.69. The molecule has 0 saturated carbocycles.